The molecule has 0 aliphatic carbocycles. The Morgan fingerprint density at radius 2 is 2.25 bits per heavy atom. The van der Waals surface area contributed by atoms with Crippen molar-refractivity contribution < 1.29 is 0 Å². The van der Waals surface area contributed by atoms with Gasteiger partial charge in [-0.05, 0) is 18.2 Å². The number of nitrogens with two attached hydrogens (primary N) is 2. The number of anilines is 1. The van der Waals surface area contributed by atoms with Gasteiger partial charge in [0.1, 0.15) is 5.82 Å². The predicted octanol–water partition coefficient (Wildman–Crippen LogP) is 0.604. The molecule has 1 aromatic heterocycles. The lowest BCUT2D eigenvalue weighted by Gasteiger charge is -1.89. The van der Waals surface area contributed by atoms with Crippen LogP contribution in [0.3, 0.4) is 0 Å². The summed E-state index contributed by atoms with van der Waals surface area (Å²) in [5.74, 6) is 0.788. The molecule has 0 saturated heterocycles. The minimum atomic E-state index is 0.425. The number of hydrogen-bond donors (Lipinski definition) is 3. The van der Waals surface area contributed by atoms with Gasteiger partial charge in [0.2, 0.25) is 0 Å². The van der Waals surface area contributed by atoms with Gasteiger partial charge in [-0.15, -0.1) is 0 Å². The van der Waals surface area contributed by atoms with Crippen LogP contribution >= 0.6 is 0 Å². The molecular formula is C8H10N4. The molecule has 0 saturated carbocycles. The molecule has 5 N–H and O–H groups in total. The first-order valence-corrected chi connectivity index (χ1v) is 3.74. The highest BCUT2D eigenvalue weighted by molar-refractivity contribution is 5.78. The minimum Gasteiger partial charge on any atom is -0.399 e. The summed E-state index contributed by atoms with van der Waals surface area (Å²) < 4.78 is 0. The van der Waals surface area contributed by atoms with Crippen LogP contribution < -0.4 is 11.5 Å². The Morgan fingerprint density at radius 1 is 1.42 bits per heavy atom. The Kier molecular flexibility index (Phi) is 1.48. The van der Waals surface area contributed by atoms with E-state index in [1.165, 1.54) is 0 Å². The van der Waals surface area contributed by atoms with E-state index < -0.39 is 0 Å². The number of imidazole rings is 1. The van der Waals surface area contributed by atoms with Crippen LogP contribution in [0.15, 0.2) is 18.2 Å². The van der Waals surface area contributed by atoms with Crippen molar-refractivity contribution in [3.63, 3.8) is 0 Å². The number of nitrogen functional groups attached to an aromatic ring is 1. The number of aromatic nitrogens is 2. The summed E-state index contributed by atoms with van der Waals surface area (Å²) in [6.07, 6.45) is 0. The number of rotatable bonds is 1. The van der Waals surface area contributed by atoms with Crippen LogP contribution in [0.5, 0.6) is 0 Å². The highest BCUT2D eigenvalue weighted by Crippen LogP contribution is 2.14. The molecule has 0 amide bonds. The number of benzene rings is 1. The van der Waals surface area contributed by atoms with E-state index in [1.54, 1.807) is 0 Å². The maximum Gasteiger partial charge on any atom is 0.121 e. The third-order valence-corrected chi connectivity index (χ3v) is 1.75. The normalized spacial score (nSPS) is 10.8. The van der Waals surface area contributed by atoms with Gasteiger partial charge < -0.3 is 16.5 Å². The number of aromatic amines is 1. The zero-order chi connectivity index (χ0) is 8.55. The highest BCUT2D eigenvalue weighted by atomic mass is 14.9. The van der Waals surface area contributed by atoms with Gasteiger partial charge in [0, 0.05) is 5.69 Å². The molecule has 0 unspecified atom stereocenters. The molecule has 0 atom stereocenters. The fourth-order valence-corrected chi connectivity index (χ4v) is 1.18. The molecule has 4 heteroatoms. The maximum atomic E-state index is 5.60. The monoisotopic (exact) mass is 162 g/mol. The first-order valence-electron chi connectivity index (χ1n) is 3.74. The summed E-state index contributed by atoms with van der Waals surface area (Å²) >= 11 is 0. The summed E-state index contributed by atoms with van der Waals surface area (Å²) in [6.45, 7) is 0.425. The molecular weight excluding hydrogens is 152 g/mol. The topological polar surface area (TPSA) is 80.7 Å². The second-order valence-electron chi connectivity index (χ2n) is 2.66. The summed E-state index contributed by atoms with van der Waals surface area (Å²) in [6, 6.07) is 5.55. The standard InChI is InChI=1S/C8H10N4/c9-4-8-11-6-2-1-5(10)3-7(6)12-8/h1-3H,4,9-10H2,(H,11,12). The van der Waals surface area contributed by atoms with Crippen LogP contribution in [0.1, 0.15) is 5.82 Å². The van der Waals surface area contributed by atoms with E-state index in [9.17, 15) is 0 Å². The van der Waals surface area contributed by atoms with Crippen LogP contribution in [0.2, 0.25) is 0 Å². The Labute approximate surface area is 69.6 Å². The second-order valence-corrected chi connectivity index (χ2v) is 2.66. The van der Waals surface area contributed by atoms with Crippen molar-refractivity contribution in [1.29, 1.82) is 0 Å². The van der Waals surface area contributed by atoms with Crippen molar-refractivity contribution in [3.05, 3.63) is 24.0 Å². The van der Waals surface area contributed by atoms with Crippen LogP contribution in [-0.4, -0.2) is 9.97 Å². The summed E-state index contributed by atoms with van der Waals surface area (Å²) in [7, 11) is 0. The van der Waals surface area contributed by atoms with Crippen LogP contribution in [0, 0.1) is 0 Å². The van der Waals surface area contributed by atoms with Crippen molar-refractivity contribution in [2.24, 2.45) is 5.73 Å². The molecule has 0 spiro atoms. The third-order valence-electron chi connectivity index (χ3n) is 1.75. The van der Waals surface area contributed by atoms with Gasteiger partial charge in [-0.1, -0.05) is 0 Å². The maximum absolute atomic E-state index is 5.60. The summed E-state index contributed by atoms with van der Waals surface area (Å²) in [5.41, 5.74) is 13.6. The van der Waals surface area contributed by atoms with Gasteiger partial charge in [0.25, 0.3) is 0 Å². The van der Waals surface area contributed by atoms with E-state index in [-0.39, 0.29) is 0 Å². The van der Waals surface area contributed by atoms with Gasteiger partial charge in [-0.2, -0.15) is 0 Å². The first-order chi connectivity index (χ1) is 5.79. The van der Waals surface area contributed by atoms with Crippen molar-refractivity contribution in [2.75, 3.05) is 5.73 Å². The van der Waals surface area contributed by atoms with Crippen LogP contribution in [-0.2, 0) is 6.54 Å². The minimum absolute atomic E-state index is 0.425. The molecule has 0 fully saturated rings. The molecule has 0 radical (unpaired) electrons. The second kappa shape index (κ2) is 2.49. The molecule has 0 aliphatic rings. The smallest absolute Gasteiger partial charge is 0.121 e. The van der Waals surface area contributed by atoms with E-state index >= 15 is 0 Å². The molecule has 1 heterocycles. The molecule has 2 rings (SSSR count). The Hall–Kier alpha value is -1.55. The number of nitrogens with zero attached hydrogens (tertiary/aromatic N) is 1. The van der Waals surface area contributed by atoms with Crippen molar-refractivity contribution in [2.45, 2.75) is 6.54 Å². The zero-order valence-electron chi connectivity index (χ0n) is 6.54. The third kappa shape index (κ3) is 1.02. The number of H-pyrrole nitrogens is 1. The van der Waals surface area contributed by atoms with Crippen molar-refractivity contribution >= 4 is 16.7 Å². The largest absolute Gasteiger partial charge is 0.399 e. The van der Waals surface area contributed by atoms with Crippen molar-refractivity contribution in [1.82, 2.24) is 9.97 Å². The summed E-state index contributed by atoms with van der Waals surface area (Å²) in [5, 5.41) is 0. The van der Waals surface area contributed by atoms with E-state index in [1.807, 2.05) is 18.2 Å². The zero-order valence-corrected chi connectivity index (χ0v) is 6.54. The number of hydrogen-bond acceptors (Lipinski definition) is 3. The first kappa shape index (κ1) is 7.12. The van der Waals surface area contributed by atoms with Crippen LogP contribution in [0.25, 0.3) is 11.0 Å². The Bertz CT molecular complexity index is 404. The fraction of sp³-hybridized carbons (Fsp3) is 0.125. The van der Waals surface area contributed by atoms with Crippen LogP contribution in [0.4, 0.5) is 5.69 Å². The van der Waals surface area contributed by atoms with E-state index in [0.29, 0.717) is 6.54 Å². The SMILES string of the molecule is NCc1nc2ccc(N)cc2[nH]1. The molecule has 4 nitrogen and oxygen atoms in total. The molecule has 2 aromatic rings. The Balaban J connectivity index is 2.67. The van der Waals surface area contributed by atoms with Gasteiger partial charge in [0.15, 0.2) is 0 Å². The van der Waals surface area contributed by atoms with Gasteiger partial charge in [-0.3, -0.25) is 0 Å². The molecule has 0 aliphatic heterocycles. The number of nitrogens with one attached hydrogen (secondary N) is 1. The average Bonchev–Trinajstić information content (AvgIpc) is 2.46. The fourth-order valence-electron chi connectivity index (χ4n) is 1.18. The lowest BCUT2D eigenvalue weighted by atomic mass is 10.3. The molecule has 1 aromatic carbocycles. The van der Waals surface area contributed by atoms with E-state index in [4.69, 9.17) is 11.5 Å². The lowest BCUT2D eigenvalue weighted by molar-refractivity contribution is 0.958. The Morgan fingerprint density at radius 3 is 3.00 bits per heavy atom. The molecule has 12 heavy (non-hydrogen) atoms. The lowest BCUT2D eigenvalue weighted by Crippen LogP contribution is -1.97. The highest BCUT2D eigenvalue weighted by Gasteiger charge is 1.99. The van der Waals surface area contributed by atoms with E-state index in [2.05, 4.69) is 9.97 Å². The average molecular weight is 162 g/mol. The molecule has 0 bridgehead atoms. The van der Waals surface area contributed by atoms with Gasteiger partial charge >= 0.3 is 0 Å². The predicted molar refractivity (Wildman–Crippen MR) is 48.4 cm³/mol. The number of fused-ring (bicyclic) bond motifs is 1. The van der Waals surface area contributed by atoms with Gasteiger partial charge in [0.05, 0.1) is 17.6 Å². The van der Waals surface area contributed by atoms with Gasteiger partial charge in [-0.25, -0.2) is 4.98 Å². The molecule has 62 valence electrons. The van der Waals surface area contributed by atoms with E-state index in [0.717, 1.165) is 22.5 Å². The quantitative estimate of drug-likeness (QED) is 0.537. The van der Waals surface area contributed by atoms with Crippen molar-refractivity contribution in [3.8, 4) is 0 Å². The summed E-state index contributed by atoms with van der Waals surface area (Å²) in [4.78, 5) is 7.31.